The number of aromatic nitrogens is 1. The number of nitrogens with zero attached hydrogens (tertiary/aromatic N) is 2. The van der Waals surface area contributed by atoms with Gasteiger partial charge in [0.2, 0.25) is 10.0 Å². The molecule has 1 aromatic carbocycles. The SMILES string of the molecule is CCNC(=NCc1ccc(C)cc1OCC1CC1)NCCNS(=O)(=O)c1ccn(C)c1. The number of hydrogen-bond acceptors (Lipinski definition) is 4. The lowest BCUT2D eigenvalue weighted by Crippen LogP contribution is -2.41. The number of aryl methyl sites for hydroxylation is 2. The Morgan fingerprint density at radius 2 is 2.03 bits per heavy atom. The molecule has 0 spiro atoms. The lowest BCUT2D eigenvalue weighted by molar-refractivity contribution is 0.296. The molecule has 0 aliphatic heterocycles. The second kappa shape index (κ2) is 10.7. The molecule has 1 aliphatic rings. The molecule has 31 heavy (non-hydrogen) atoms. The molecule has 0 unspecified atom stereocenters. The molecule has 0 radical (unpaired) electrons. The molecule has 1 saturated carbocycles. The molecule has 1 aromatic heterocycles. The number of guanidine groups is 1. The van der Waals surface area contributed by atoms with Crippen LogP contribution >= 0.6 is 0 Å². The molecular formula is C22H33N5O3S. The Balaban J connectivity index is 1.54. The lowest BCUT2D eigenvalue weighted by atomic mass is 10.1. The van der Waals surface area contributed by atoms with Gasteiger partial charge in [-0.05, 0) is 50.3 Å². The number of ether oxygens (including phenoxy) is 1. The summed E-state index contributed by atoms with van der Waals surface area (Å²) in [5.41, 5.74) is 2.20. The topological polar surface area (TPSA) is 96.8 Å². The minimum atomic E-state index is -3.51. The van der Waals surface area contributed by atoms with E-state index in [2.05, 4.69) is 45.5 Å². The van der Waals surface area contributed by atoms with Crippen molar-refractivity contribution >= 4 is 16.0 Å². The molecule has 2 aromatic rings. The molecule has 1 heterocycles. The summed E-state index contributed by atoms with van der Waals surface area (Å²) in [6, 6.07) is 7.75. The van der Waals surface area contributed by atoms with Gasteiger partial charge in [0.15, 0.2) is 5.96 Å². The molecule has 1 fully saturated rings. The van der Waals surface area contributed by atoms with Gasteiger partial charge in [-0.15, -0.1) is 0 Å². The molecule has 0 bridgehead atoms. The molecule has 0 amide bonds. The fraction of sp³-hybridized carbons (Fsp3) is 0.500. The van der Waals surface area contributed by atoms with Gasteiger partial charge < -0.3 is 19.9 Å². The second-order valence-corrected chi connectivity index (χ2v) is 9.66. The number of sulfonamides is 1. The zero-order valence-electron chi connectivity index (χ0n) is 18.5. The first-order valence-corrected chi connectivity index (χ1v) is 12.2. The Labute approximate surface area is 185 Å². The zero-order valence-corrected chi connectivity index (χ0v) is 19.3. The summed E-state index contributed by atoms with van der Waals surface area (Å²) < 4.78 is 34.9. The molecule has 9 heteroatoms. The van der Waals surface area contributed by atoms with Crippen molar-refractivity contribution < 1.29 is 13.2 Å². The van der Waals surface area contributed by atoms with Crippen LogP contribution in [0.3, 0.4) is 0 Å². The third-order valence-electron chi connectivity index (χ3n) is 4.97. The van der Waals surface area contributed by atoms with E-state index in [1.807, 2.05) is 6.92 Å². The van der Waals surface area contributed by atoms with Gasteiger partial charge in [-0.2, -0.15) is 0 Å². The largest absolute Gasteiger partial charge is 0.493 e. The van der Waals surface area contributed by atoms with E-state index >= 15 is 0 Å². The van der Waals surface area contributed by atoms with Crippen LogP contribution in [0.15, 0.2) is 46.5 Å². The molecule has 3 N–H and O–H groups in total. The third kappa shape index (κ3) is 7.29. The maximum atomic E-state index is 12.3. The van der Waals surface area contributed by atoms with Crippen LogP contribution < -0.4 is 20.1 Å². The average Bonchev–Trinajstić information content (AvgIpc) is 3.46. The fourth-order valence-corrected chi connectivity index (χ4v) is 4.09. The monoisotopic (exact) mass is 447 g/mol. The van der Waals surface area contributed by atoms with Gasteiger partial charge in [-0.25, -0.2) is 18.1 Å². The molecule has 8 nitrogen and oxygen atoms in total. The Morgan fingerprint density at radius 3 is 2.71 bits per heavy atom. The fourth-order valence-electron chi connectivity index (χ4n) is 3.01. The van der Waals surface area contributed by atoms with E-state index in [-0.39, 0.29) is 11.4 Å². The first kappa shape index (κ1) is 23.1. The number of rotatable bonds is 11. The highest BCUT2D eigenvalue weighted by molar-refractivity contribution is 7.89. The van der Waals surface area contributed by atoms with E-state index in [1.165, 1.54) is 12.8 Å². The third-order valence-corrected chi connectivity index (χ3v) is 6.42. The van der Waals surface area contributed by atoms with Gasteiger partial charge in [0, 0.05) is 44.6 Å². The highest BCUT2D eigenvalue weighted by atomic mass is 32.2. The first-order valence-electron chi connectivity index (χ1n) is 10.7. The Kier molecular flexibility index (Phi) is 7.97. The Morgan fingerprint density at radius 1 is 1.23 bits per heavy atom. The Bertz CT molecular complexity index is 996. The number of aliphatic imine (C=N–C) groups is 1. The summed E-state index contributed by atoms with van der Waals surface area (Å²) in [6.45, 7) is 6.66. The van der Waals surface area contributed by atoms with Crippen LogP contribution in [-0.2, 0) is 23.6 Å². The van der Waals surface area contributed by atoms with Gasteiger partial charge in [-0.1, -0.05) is 12.1 Å². The standard InChI is InChI=1S/C22H33N5O3S/c1-4-23-22(24-10-11-26-31(28,29)20-9-12-27(3)15-20)25-14-19-8-5-17(2)13-21(19)30-16-18-6-7-18/h5,8-9,12-13,15,18,26H,4,6-7,10-11,14,16H2,1-3H3,(H2,23,24,25). The van der Waals surface area contributed by atoms with E-state index in [0.29, 0.717) is 31.5 Å². The smallest absolute Gasteiger partial charge is 0.242 e. The maximum Gasteiger partial charge on any atom is 0.242 e. The van der Waals surface area contributed by atoms with Crippen molar-refractivity contribution in [1.29, 1.82) is 0 Å². The lowest BCUT2D eigenvalue weighted by Gasteiger charge is -2.14. The number of hydrogen-bond donors (Lipinski definition) is 3. The number of nitrogens with one attached hydrogen (secondary N) is 3. The van der Waals surface area contributed by atoms with Crippen LogP contribution in [0.5, 0.6) is 5.75 Å². The molecule has 3 rings (SSSR count). The minimum Gasteiger partial charge on any atom is -0.493 e. The van der Waals surface area contributed by atoms with Crippen molar-refractivity contribution in [3.05, 3.63) is 47.8 Å². The molecule has 0 saturated heterocycles. The highest BCUT2D eigenvalue weighted by Gasteiger charge is 2.22. The van der Waals surface area contributed by atoms with Gasteiger partial charge in [-0.3, -0.25) is 0 Å². The van der Waals surface area contributed by atoms with Crippen LogP contribution in [0.2, 0.25) is 0 Å². The summed E-state index contributed by atoms with van der Waals surface area (Å²) >= 11 is 0. The zero-order chi connectivity index (χ0) is 22.3. The van der Waals surface area contributed by atoms with Crippen molar-refractivity contribution in [2.45, 2.75) is 38.1 Å². The summed E-state index contributed by atoms with van der Waals surface area (Å²) in [5, 5.41) is 6.37. The summed E-state index contributed by atoms with van der Waals surface area (Å²) in [6.07, 6.45) is 5.78. The molecule has 170 valence electrons. The van der Waals surface area contributed by atoms with Crippen LogP contribution in [0.25, 0.3) is 0 Å². The average molecular weight is 448 g/mol. The van der Waals surface area contributed by atoms with E-state index in [1.54, 1.807) is 30.1 Å². The first-order chi connectivity index (χ1) is 14.9. The van der Waals surface area contributed by atoms with E-state index in [9.17, 15) is 8.42 Å². The maximum absolute atomic E-state index is 12.3. The van der Waals surface area contributed by atoms with Crippen molar-refractivity contribution in [2.24, 2.45) is 18.0 Å². The van der Waals surface area contributed by atoms with Crippen molar-refractivity contribution in [3.63, 3.8) is 0 Å². The van der Waals surface area contributed by atoms with Gasteiger partial charge in [0.05, 0.1) is 18.0 Å². The van der Waals surface area contributed by atoms with Crippen molar-refractivity contribution in [1.82, 2.24) is 19.9 Å². The van der Waals surface area contributed by atoms with Crippen LogP contribution in [0.4, 0.5) is 0 Å². The molecular weight excluding hydrogens is 414 g/mol. The van der Waals surface area contributed by atoms with E-state index < -0.39 is 10.0 Å². The number of benzene rings is 1. The van der Waals surface area contributed by atoms with Gasteiger partial charge in [0.25, 0.3) is 0 Å². The van der Waals surface area contributed by atoms with Crippen LogP contribution in [0, 0.1) is 12.8 Å². The molecule has 1 aliphatic carbocycles. The summed E-state index contributed by atoms with van der Waals surface area (Å²) in [4.78, 5) is 4.90. The van der Waals surface area contributed by atoms with E-state index in [4.69, 9.17) is 4.74 Å². The van der Waals surface area contributed by atoms with Gasteiger partial charge in [0.1, 0.15) is 5.75 Å². The Hall–Kier alpha value is -2.52. The molecule has 0 atom stereocenters. The van der Waals surface area contributed by atoms with Crippen molar-refractivity contribution in [3.8, 4) is 5.75 Å². The normalized spacial score (nSPS) is 14.5. The van der Waals surface area contributed by atoms with Crippen LogP contribution in [-0.4, -0.2) is 45.2 Å². The quantitative estimate of drug-likeness (QED) is 0.279. The second-order valence-electron chi connectivity index (χ2n) is 7.90. The minimum absolute atomic E-state index is 0.252. The van der Waals surface area contributed by atoms with E-state index in [0.717, 1.165) is 23.5 Å². The van der Waals surface area contributed by atoms with Gasteiger partial charge >= 0.3 is 0 Å². The summed E-state index contributed by atoms with van der Waals surface area (Å²) in [7, 11) is -1.72. The predicted octanol–water partition coefficient (Wildman–Crippen LogP) is 2.16. The highest BCUT2D eigenvalue weighted by Crippen LogP contribution is 2.30. The van der Waals surface area contributed by atoms with Crippen molar-refractivity contribution in [2.75, 3.05) is 26.2 Å². The van der Waals surface area contributed by atoms with Crippen LogP contribution in [0.1, 0.15) is 30.9 Å². The summed E-state index contributed by atoms with van der Waals surface area (Å²) in [5.74, 6) is 2.22. The predicted molar refractivity (Wildman–Crippen MR) is 123 cm³/mol.